The molecule has 1 heterocycles. The number of hydrogen-bond acceptors (Lipinski definition) is 4. The summed E-state index contributed by atoms with van der Waals surface area (Å²) in [5.41, 5.74) is 1.78. The van der Waals surface area contributed by atoms with Gasteiger partial charge in [0, 0.05) is 17.4 Å². The van der Waals surface area contributed by atoms with Crippen LogP contribution in [-0.4, -0.2) is 42.8 Å². The lowest BCUT2D eigenvalue weighted by molar-refractivity contribution is 0.0564. The van der Waals surface area contributed by atoms with Crippen molar-refractivity contribution >= 4 is 10.0 Å². The van der Waals surface area contributed by atoms with Gasteiger partial charge in [0.1, 0.15) is 6.04 Å². The Balaban J connectivity index is 1.78. The van der Waals surface area contributed by atoms with E-state index in [1.807, 2.05) is 24.3 Å². The molecule has 0 aromatic heterocycles. The second kappa shape index (κ2) is 7.17. The number of aliphatic hydroxyl groups is 1. The summed E-state index contributed by atoms with van der Waals surface area (Å²) in [6.07, 6.45) is 5.94. The van der Waals surface area contributed by atoms with Gasteiger partial charge >= 0.3 is 0 Å². The van der Waals surface area contributed by atoms with Crippen molar-refractivity contribution in [3.8, 4) is 17.9 Å². The third-order valence-electron chi connectivity index (χ3n) is 5.13. The van der Waals surface area contributed by atoms with Crippen molar-refractivity contribution < 1.29 is 13.5 Å². The molecule has 6 heteroatoms. The molecule has 2 aliphatic rings. The van der Waals surface area contributed by atoms with Crippen molar-refractivity contribution in [1.29, 1.82) is 5.26 Å². The Morgan fingerprint density at radius 1 is 1.24 bits per heavy atom. The molecule has 0 radical (unpaired) electrons. The van der Waals surface area contributed by atoms with Crippen LogP contribution in [0.15, 0.2) is 24.3 Å². The number of nitrogens with zero attached hydrogens (tertiary/aromatic N) is 2. The summed E-state index contributed by atoms with van der Waals surface area (Å²) < 4.78 is 24.8. The summed E-state index contributed by atoms with van der Waals surface area (Å²) in [6.45, 7) is -0.306. The maximum atomic E-state index is 11.8. The van der Waals surface area contributed by atoms with Gasteiger partial charge < -0.3 is 5.11 Å². The fourth-order valence-corrected chi connectivity index (χ4v) is 5.14. The summed E-state index contributed by atoms with van der Waals surface area (Å²) in [5.74, 6) is 6.69. The maximum absolute atomic E-state index is 11.8. The van der Waals surface area contributed by atoms with Crippen LogP contribution in [-0.2, 0) is 10.0 Å². The van der Waals surface area contributed by atoms with Gasteiger partial charge in [0.05, 0.1) is 25.0 Å². The lowest BCUT2D eigenvalue weighted by atomic mass is 9.78. The fourth-order valence-electron chi connectivity index (χ4n) is 3.86. The molecule has 132 valence electrons. The summed E-state index contributed by atoms with van der Waals surface area (Å²) in [7, 11) is -3.53. The van der Waals surface area contributed by atoms with Crippen LogP contribution in [0.3, 0.4) is 0 Å². The van der Waals surface area contributed by atoms with Gasteiger partial charge in [-0.15, -0.1) is 0 Å². The Bertz CT molecular complexity index is 824. The highest BCUT2D eigenvalue weighted by Gasteiger charge is 2.53. The Morgan fingerprint density at radius 2 is 1.88 bits per heavy atom. The monoisotopic (exact) mass is 358 g/mol. The van der Waals surface area contributed by atoms with Gasteiger partial charge in [-0.3, -0.25) is 0 Å². The first-order chi connectivity index (χ1) is 12.0. The van der Waals surface area contributed by atoms with Gasteiger partial charge in [-0.1, -0.05) is 36.8 Å². The average molecular weight is 358 g/mol. The van der Waals surface area contributed by atoms with E-state index in [-0.39, 0.29) is 12.5 Å². The Hall–Kier alpha value is -1.86. The molecule has 1 aromatic rings. The van der Waals surface area contributed by atoms with E-state index in [9.17, 15) is 18.8 Å². The molecule has 25 heavy (non-hydrogen) atoms. The highest BCUT2D eigenvalue weighted by atomic mass is 32.2. The Kier molecular flexibility index (Phi) is 5.15. The zero-order valence-corrected chi connectivity index (χ0v) is 15.0. The Labute approximate surface area is 149 Å². The summed E-state index contributed by atoms with van der Waals surface area (Å²) >= 11 is 0. The number of aliphatic hydroxyl groups excluding tert-OH is 1. The molecular weight excluding hydrogens is 336 g/mol. The molecule has 1 saturated carbocycles. The molecule has 0 spiro atoms. The predicted octanol–water partition coefficient (Wildman–Crippen LogP) is 1.84. The zero-order chi connectivity index (χ0) is 18.0. The minimum Gasteiger partial charge on any atom is -0.395 e. The van der Waals surface area contributed by atoms with Crippen LogP contribution < -0.4 is 0 Å². The number of benzene rings is 1. The molecule has 0 amide bonds. The van der Waals surface area contributed by atoms with Gasteiger partial charge in [-0.2, -0.15) is 9.57 Å². The highest BCUT2D eigenvalue weighted by molar-refractivity contribution is 7.88. The van der Waals surface area contributed by atoms with Crippen LogP contribution in [0, 0.1) is 29.1 Å². The van der Waals surface area contributed by atoms with E-state index >= 15 is 0 Å². The minimum absolute atomic E-state index is 0.306. The molecule has 0 bridgehead atoms. The molecule has 0 unspecified atom stereocenters. The topological polar surface area (TPSA) is 81.4 Å². The molecular formula is C19H22N2O3S. The minimum atomic E-state index is -3.53. The van der Waals surface area contributed by atoms with E-state index in [1.165, 1.54) is 25.7 Å². The van der Waals surface area contributed by atoms with E-state index in [0.717, 1.165) is 21.7 Å². The van der Waals surface area contributed by atoms with Gasteiger partial charge in [-0.05, 0) is 30.5 Å². The smallest absolute Gasteiger partial charge is 0.212 e. The van der Waals surface area contributed by atoms with Crippen LogP contribution in [0.25, 0.3) is 0 Å². The molecule has 3 rings (SSSR count). The Morgan fingerprint density at radius 3 is 2.40 bits per heavy atom. The zero-order valence-electron chi connectivity index (χ0n) is 14.2. The van der Waals surface area contributed by atoms with Crippen molar-refractivity contribution in [3.63, 3.8) is 0 Å². The van der Waals surface area contributed by atoms with Crippen LogP contribution in [0.4, 0.5) is 0 Å². The summed E-state index contributed by atoms with van der Waals surface area (Å²) in [5, 5.41) is 19.0. The molecule has 2 fully saturated rings. The number of nitriles is 1. The first-order valence-corrected chi connectivity index (χ1v) is 10.4. The average Bonchev–Trinajstić information content (AvgIpc) is 3.06. The summed E-state index contributed by atoms with van der Waals surface area (Å²) in [6, 6.07) is 8.27. The third kappa shape index (κ3) is 3.57. The quantitative estimate of drug-likeness (QED) is 0.836. The normalized spacial score (nSPS) is 27.2. The first-order valence-electron chi connectivity index (χ1n) is 8.56. The second-order valence-corrected chi connectivity index (χ2v) is 8.70. The van der Waals surface area contributed by atoms with Crippen LogP contribution in [0.5, 0.6) is 0 Å². The van der Waals surface area contributed by atoms with E-state index in [1.54, 1.807) is 0 Å². The van der Waals surface area contributed by atoms with Crippen molar-refractivity contribution in [2.24, 2.45) is 5.92 Å². The predicted molar refractivity (Wildman–Crippen MR) is 95.0 cm³/mol. The van der Waals surface area contributed by atoms with Gasteiger partial charge in [0.25, 0.3) is 0 Å². The molecule has 1 aliphatic carbocycles. The van der Waals surface area contributed by atoms with Gasteiger partial charge in [-0.25, -0.2) is 8.42 Å². The largest absolute Gasteiger partial charge is 0.395 e. The van der Waals surface area contributed by atoms with Crippen molar-refractivity contribution in [1.82, 2.24) is 4.31 Å². The summed E-state index contributed by atoms with van der Waals surface area (Å²) in [4.78, 5) is 0. The second-order valence-electron chi connectivity index (χ2n) is 6.82. The number of sulfonamides is 1. The molecule has 1 N–H and O–H groups in total. The first kappa shape index (κ1) is 17.9. The molecule has 1 aliphatic heterocycles. The SMILES string of the molecule is CS(=O)(=O)N1[C@@H](C#N)[C@H](c2ccc(C#CC3CCCC3)cc2)[C@@H]1CO. The molecule has 3 atom stereocenters. The lowest BCUT2D eigenvalue weighted by Crippen LogP contribution is -2.64. The van der Waals surface area contributed by atoms with Crippen LogP contribution in [0.2, 0.25) is 0 Å². The van der Waals surface area contributed by atoms with Gasteiger partial charge in [0.2, 0.25) is 10.0 Å². The standard InChI is InChI=1S/C19H22N2O3S/c1-25(23,24)21-17(12-20)19(18(21)13-22)16-10-8-15(9-11-16)7-6-14-4-2-3-5-14/h8-11,14,17-19,22H,2-5,13H2,1H3/t17-,18-,19-/m0/s1. The number of rotatable bonds is 3. The fraction of sp³-hybridized carbons (Fsp3) is 0.526. The number of hydrogen-bond donors (Lipinski definition) is 1. The highest BCUT2D eigenvalue weighted by Crippen LogP contribution is 2.41. The van der Waals surface area contributed by atoms with Gasteiger partial charge in [0.15, 0.2) is 0 Å². The van der Waals surface area contributed by atoms with Crippen LogP contribution in [0.1, 0.15) is 42.7 Å². The molecule has 1 saturated heterocycles. The third-order valence-corrected chi connectivity index (χ3v) is 6.39. The molecule has 5 nitrogen and oxygen atoms in total. The molecule has 1 aromatic carbocycles. The van der Waals surface area contributed by atoms with E-state index in [4.69, 9.17) is 0 Å². The van der Waals surface area contributed by atoms with Crippen molar-refractivity contribution in [2.45, 2.75) is 43.7 Å². The van der Waals surface area contributed by atoms with E-state index in [2.05, 4.69) is 17.9 Å². The van der Waals surface area contributed by atoms with Crippen molar-refractivity contribution in [3.05, 3.63) is 35.4 Å². The maximum Gasteiger partial charge on any atom is 0.212 e. The van der Waals surface area contributed by atoms with E-state index in [0.29, 0.717) is 5.92 Å². The van der Waals surface area contributed by atoms with Crippen molar-refractivity contribution in [2.75, 3.05) is 12.9 Å². The van der Waals surface area contributed by atoms with E-state index < -0.39 is 22.1 Å². The lowest BCUT2D eigenvalue weighted by Gasteiger charge is -2.49. The van der Waals surface area contributed by atoms with Crippen LogP contribution >= 0.6 is 0 Å².